The molecule has 1 aromatic rings. The second-order valence-corrected chi connectivity index (χ2v) is 4.88. The summed E-state index contributed by atoms with van der Waals surface area (Å²) in [5.74, 6) is 0. The molecule has 1 fully saturated rings. The summed E-state index contributed by atoms with van der Waals surface area (Å²) in [7, 11) is 0. The van der Waals surface area contributed by atoms with E-state index in [4.69, 9.17) is 11.0 Å². The van der Waals surface area contributed by atoms with Crippen LogP contribution in [0.25, 0.3) is 0 Å². The van der Waals surface area contributed by atoms with Crippen LogP contribution < -0.4 is 11.1 Å². The predicted octanol–water partition coefficient (Wildman–Crippen LogP) is 1.57. The number of aryl methyl sites for hydroxylation is 1. The minimum absolute atomic E-state index is 0.0478. The number of piperidine rings is 1. The van der Waals surface area contributed by atoms with Gasteiger partial charge in [-0.15, -0.1) is 0 Å². The molecule has 0 amide bonds. The molecule has 17 heavy (non-hydrogen) atoms. The summed E-state index contributed by atoms with van der Waals surface area (Å²) in [6.45, 7) is 2.02. The maximum Gasteiger partial charge on any atom is 0.0994 e. The number of benzene rings is 1. The molecule has 3 heteroatoms. The van der Waals surface area contributed by atoms with Gasteiger partial charge < -0.3 is 11.1 Å². The number of hydrogen-bond acceptors (Lipinski definition) is 3. The smallest absolute Gasteiger partial charge is 0.0994 e. The Labute approximate surface area is 103 Å². The van der Waals surface area contributed by atoms with Crippen LogP contribution in [0.2, 0.25) is 0 Å². The molecule has 1 heterocycles. The lowest BCUT2D eigenvalue weighted by atomic mass is 9.83. The van der Waals surface area contributed by atoms with Crippen molar-refractivity contribution in [3.63, 3.8) is 0 Å². The van der Waals surface area contributed by atoms with E-state index in [9.17, 15) is 0 Å². The third-order valence-corrected chi connectivity index (χ3v) is 3.63. The molecule has 1 saturated heterocycles. The molecule has 0 bridgehead atoms. The number of nitriles is 1. The average molecular weight is 229 g/mol. The van der Waals surface area contributed by atoms with Gasteiger partial charge in [0, 0.05) is 5.54 Å². The van der Waals surface area contributed by atoms with Gasteiger partial charge in [0.05, 0.1) is 11.6 Å². The fourth-order valence-electron chi connectivity index (χ4n) is 2.41. The van der Waals surface area contributed by atoms with Gasteiger partial charge in [0.1, 0.15) is 0 Å². The highest BCUT2D eigenvalue weighted by molar-refractivity contribution is 5.37. The summed E-state index contributed by atoms with van der Waals surface area (Å²) in [5, 5.41) is 12.4. The van der Waals surface area contributed by atoms with Gasteiger partial charge in [-0.2, -0.15) is 5.26 Å². The van der Waals surface area contributed by atoms with Crippen LogP contribution in [0.1, 0.15) is 30.4 Å². The van der Waals surface area contributed by atoms with Gasteiger partial charge >= 0.3 is 0 Å². The lowest BCUT2D eigenvalue weighted by Crippen LogP contribution is -2.49. The molecule has 2 rings (SSSR count). The molecule has 0 aliphatic carbocycles. The van der Waals surface area contributed by atoms with Gasteiger partial charge in [-0.25, -0.2) is 0 Å². The zero-order valence-electron chi connectivity index (χ0n) is 10.1. The van der Waals surface area contributed by atoms with Crippen molar-refractivity contribution in [2.45, 2.75) is 31.2 Å². The van der Waals surface area contributed by atoms with Crippen LogP contribution in [-0.2, 0) is 6.42 Å². The minimum Gasteiger partial charge on any atom is -0.325 e. The van der Waals surface area contributed by atoms with Crippen LogP contribution in [0, 0.1) is 11.3 Å². The summed E-state index contributed by atoms with van der Waals surface area (Å²) >= 11 is 0. The Morgan fingerprint density at radius 1 is 1.29 bits per heavy atom. The second-order valence-electron chi connectivity index (χ2n) is 4.88. The monoisotopic (exact) mass is 229 g/mol. The summed E-state index contributed by atoms with van der Waals surface area (Å²) in [6, 6.07) is 10.0. The van der Waals surface area contributed by atoms with Crippen molar-refractivity contribution in [2.75, 3.05) is 13.1 Å². The van der Waals surface area contributed by atoms with E-state index in [0.29, 0.717) is 0 Å². The Morgan fingerprint density at radius 3 is 2.71 bits per heavy atom. The molecule has 90 valence electrons. The lowest BCUT2D eigenvalue weighted by Gasteiger charge is -2.34. The Kier molecular flexibility index (Phi) is 3.78. The molecule has 0 spiro atoms. The lowest BCUT2D eigenvalue weighted by molar-refractivity contribution is 0.291. The van der Waals surface area contributed by atoms with Crippen molar-refractivity contribution in [3.05, 3.63) is 35.4 Å². The predicted molar refractivity (Wildman–Crippen MR) is 68.5 cm³/mol. The van der Waals surface area contributed by atoms with Crippen LogP contribution >= 0.6 is 0 Å². The summed E-state index contributed by atoms with van der Waals surface area (Å²) < 4.78 is 0. The summed E-state index contributed by atoms with van der Waals surface area (Å²) in [5.41, 5.74) is 8.23. The molecular weight excluding hydrogens is 210 g/mol. The highest BCUT2D eigenvalue weighted by Gasteiger charge is 2.26. The fraction of sp³-hybridized carbons (Fsp3) is 0.500. The van der Waals surface area contributed by atoms with Gasteiger partial charge in [0.2, 0.25) is 0 Å². The molecule has 3 nitrogen and oxygen atoms in total. The van der Waals surface area contributed by atoms with Gasteiger partial charge in [0.25, 0.3) is 0 Å². The first kappa shape index (κ1) is 12.1. The van der Waals surface area contributed by atoms with Gasteiger partial charge in [0.15, 0.2) is 0 Å². The van der Waals surface area contributed by atoms with Crippen molar-refractivity contribution >= 4 is 0 Å². The first-order chi connectivity index (χ1) is 8.23. The van der Waals surface area contributed by atoms with Gasteiger partial charge in [-0.1, -0.05) is 18.2 Å². The maximum absolute atomic E-state index is 9.03. The molecule has 0 atom stereocenters. The van der Waals surface area contributed by atoms with Crippen LogP contribution in [0.3, 0.4) is 0 Å². The molecule has 1 aromatic carbocycles. The van der Waals surface area contributed by atoms with Crippen LogP contribution in [0.15, 0.2) is 24.3 Å². The van der Waals surface area contributed by atoms with E-state index in [2.05, 4.69) is 11.4 Å². The standard InChI is InChI=1S/C14H19N3/c15-11-13-4-2-1-3-12(13)5-6-14(16)7-9-17-10-8-14/h1-4,17H,5-10,16H2. The average Bonchev–Trinajstić information content (AvgIpc) is 2.38. The molecule has 0 unspecified atom stereocenters. The highest BCUT2D eigenvalue weighted by Crippen LogP contribution is 2.22. The molecule has 0 saturated carbocycles. The first-order valence-corrected chi connectivity index (χ1v) is 6.21. The van der Waals surface area contributed by atoms with Crippen molar-refractivity contribution in [2.24, 2.45) is 5.73 Å². The van der Waals surface area contributed by atoms with Crippen LogP contribution in [-0.4, -0.2) is 18.6 Å². The van der Waals surface area contributed by atoms with Crippen LogP contribution in [0.4, 0.5) is 0 Å². The Bertz CT molecular complexity index is 414. The zero-order chi connectivity index (χ0) is 12.1. The van der Waals surface area contributed by atoms with E-state index in [-0.39, 0.29) is 5.54 Å². The van der Waals surface area contributed by atoms with E-state index >= 15 is 0 Å². The van der Waals surface area contributed by atoms with Crippen molar-refractivity contribution in [3.8, 4) is 6.07 Å². The topological polar surface area (TPSA) is 61.8 Å². The molecule has 0 aromatic heterocycles. The van der Waals surface area contributed by atoms with E-state index in [0.717, 1.165) is 49.9 Å². The number of nitrogens with one attached hydrogen (secondary N) is 1. The molecular formula is C14H19N3. The normalized spacial score (nSPS) is 18.6. The number of nitrogens with zero attached hydrogens (tertiary/aromatic N) is 1. The molecule has 0 radical (unpaired) electrons. The largest absolute Gasteiger partial charge is 0.325 e. The number of hydrogen-bond donors (Lipinski definition) is 2. The van der Waals surface area contributed by atoms with E-state index in [1.54, 1.807) is 0 Å². The SMILES string of the molecule is N#Cc1ccccc1CCC1(N)CCNCC1. The molecule has 3 N–H and O–H groups in total. The van der Waals surface area contributed by atoms with Crippen molar-refractivity contribution in [1.82, 2.24) is 5.32 Å². The van der Waals surface area contributed by atoms with Crippen molar-refractivity contribution in [1.29, 1.82) is 5.26 Å². The molecule has 1 aliphatic rings. The third kappa shape index (κ3) is 3.06. The molecule has 1 aliphatic heterocycles. The number of rotatable bonds is 3. The van der Waals surface area contributed by atoms with Crippen molar-refractivity contribution < 1.29 is 0 Å². The third-order valence-electron chi connectivity index (χ3n) is 3.63. The minimum atomic E-state index is -0.0478. The number of nitrogens with two attached hydrogens (primary N) is 1. The van der Waals surface area contributed by atoms with Gasteiger partial charge in [-0.3, -0.25) is 0 Å². The Balaban J connectivity index is 2.00. The fourth-order valence-corrected chi connectivity index (χ4v) is 2.41. The first-order valence-electron chi connectivity index (χ1n) is 6.21. The Morgan fingerprint density at radius 2 is 2.00 bits per heavy atom. The summed E-state index contributed by atoms with van der Waals surface area (Å²) in [4.78, 5) is 0. The Hall–Kier alpha value is -1.37. The summed E-state index contributed by atoms with van der Waals surface area (Å²) in [6.07, 6.45) is 3.93. The zero-order valence-corrected chi connectivity index (χ0v) is 10.1. The maximum atomic E-state index is 9.03. The second kappa shape index (κ2) is 5.31. The van der Waals surface area contributed by atoms with E-state index in [1.165, 1.54) is 0 Å². The van der Waals surface area contributed by atoms with E-state index in [1.807, 2.05) is 24.3 Å². The van der Waals surface area contributed by atoms with Crippen LogP contribution in [0.5, 0.6) is 0 Å². The highest BCUT2D eigenvalue weighted by atomic mass is 14.9. The van der Waals surface area contributed by atoms with Gasteiger partial charge in [-0.05, 0) is 50.4 Å². The quantitative estimate of drug-likeness (QED) is 0.827. The van der Waals surface area contributed by atoms with E-state index < -0.39 is 0 Å².